The molecule has 0 radical (unpaired) electrons. The lowest BCUT2D eigenvalue weighted by molar-refractivity contribution is -0.114. The SMILES string of the molecule is Cc1cc(Br)ccc1NCC(=O)Nc1ccccc1C(=O)NC1CC1. The van der Waals surface area contributed by atoms with Crippen LogP contribution in [-0.4, -0.2) is 24.4 Å². The Morgan fingerprint density at radius 2 is 1.88 bits per heavy atom. The monoisotopic (exact) mass is 401 g/mol. The molecule has 25 heavy (non-hydrogen) atoms. The van der Waals surface area contributed by atoms with E-state index in [2.05, 4.69) is 31.9 Å². The lowest BCUT2D eigenvalue weighted by Gasteiger charge is -2.13. The smallest absolute Gasteiger partial charge is 0.253 e. The fourth-order valence-corrected chi connectivity index (χ4v) is 2.95. The summed E-state index contributed by atoms with van der Waals surface area (Å²) in [5, 5.41) is 8.88. The van der Waals surface area contributed by atoms with Crippen LogP contribution in [0.3, 0.4) is 0 Å². The molecule has 0 bridgehead atoms. The van der Waals surface area contributed by atoms with Crippen molar-refractivity contribution < 1.29 is 9.59 Å². The van der Waals surface area contributed by atoms with Crippen LogP contribution >= 0.6 is 15.9 Å². The van der Waals surface area contributed by atoms with Crippen LogP contribution in [0.1, 0.15) is 28.8 Å². The molecule has 0 aromatic heterocycles. The van der Waals surface area contributed by atoms with E-state index in [-0.39, 0.29) is 24.4 Å². The van der Waals surface area contributed by atoms with Crippen molar-refractivity contribution in [2.75, 3.05) is 17.2 Å². The van der Waals surface area contributed by atoms with Gasteiger partial charge in [0.2, 0.25) is 5.91 Å². The molecular formula is C19H20BrN3O2. The number of rotatable bonds is 6. The number of amides is 2. The van der Waals surface area contributed by atoms with E-state index >= 15 is 0 Å². The van der Waals surface area contributed by atoms with Gasteiger partial charge in [0, 0.05) is 16.2 Å². The Morgan fingerprint density at radius 3 is 2.60 bits per heavy atom. The lowest BCUT2D eigenvalue weighted by Crippen LogP contribution is -2.28. The number of nitrogens with one attached hydrogen (secondary N) is 3. The summed E-state index contributed by atoms with van der Waals surface area (Å²) in [5.74, 6) is -0.343. The van der Waals surface area contributed by atoms with Gasteiger partial charge in [-0.2, -0.15) is 0 Å². The summed E-state index contributed by atoms with van der Waals surface area (Å²) in [6, 6.07) is 13.2. The second-order valence-electron chi connectivity index (χ2n) is 6.15. The Labute approximate surface area is 155 Å². The Hall–Kier alpha value is -2.34. The standard InChI is InChI=1S/C19H20BrN3O2/c1-12-10-13(20)6-9-16(12)21-11-18(24)23-17-5-3-2-4-15(17)19(25)22-14-7-8-14/h2-6,9-10,14,21H,7-8,11H2,1H3,(H,22,25)(H,23,24). The molecule has 130 valence electrons. The maximum atomic E-state index is 12.3. The molecule has 1 saturated carbocycles. The van der Waals surface area contributed by atoms with Crippen molar-refractivity contribution in [2.24, 2.45) is 0 Å². The first-order valence-electron chi connectivity index (χ1n) is 8.22. The number of aryl methyl sites for hydroxylation is 1. The third-order valence-corrected chi connectivity index (χ3v) is 4.48. The van der Waals surface area contributed by atoms with Gasteiger partial charge < -0.3 is 16.0 Å². The Balaban J connectivity index is 1.61. The van der Waals surface area contributed by atoms with Crippen LogP contribution in [0.2, 0.25) is 0 Å². The van der Waals surface area contributed by atoms with Gasteiger partial charge in [-0.3, -0.25) is 9.59 Å². The van der Waals surface area contributed by atoms with Crippen LogP contribution in [0, 0.1) is 6.92 Å². The highest BCUT2D eigenvalue weighted by atomic mass is 79.9. The van der Waals surface area contributed by atoms with Gasteiger partial charge in [-0.1, -0.05) is 28.1 Å². The van der Waals surface area contributed by atoms with Crippen LogP contribution in [0.5, 0.6) is 0 Å². The lowest BCUT2D eigenvalue weighted by atomic mass is 10.1. The van der Waals surface area contributed by atoms with Crippen LogP contribution in [0.4, 0.5) is 11.4 Å². The number of hydrogen-bond acceptors (Lipinski definition) is 3. The maximum Gasteiger partial charge on any atom is 0.253 e. The summed E-state index contributed by atoms with van der Waals surface area (Å²) < 4.78 is 0.996. The van der Waals surface area contributed by atoms with Crippen LogP contribution < -0.4 is 16.0 Å². The molecule has 3 rings (SSSR count). The Morgan fingerprint density at radius 1 is 1.12 bits per heavy atom. The quantitative estimate of drug-likeness (QED) is 0.690. The molecule has 1 fully saturated rings. The molecule has 2 aromatic carbocycles. The summed E-state index contributed by atoms with van der Waals surface area (Å²) in [6.45, 7) is 2.10. The molecule has 6 heteroatoms. The summed E-state index contributed by atoms with van der Waals surface area (Å²) in [7, 11) is 0. The molecular weight excluding hydrogens is 382 g/mol. The van der Waals surface area contributed by atoms with E-state index in [0.717, 1.165) is 28.6 Å². The van der Waals surface area contributed by atoms with Gasteiger partial charge in [0.25, 0.3) is 5.91 Å². The average Bonchev–Trinajstić information content (AvgIpc) is 3.38. The normalized spacial score (nSPS) is 13.2. The predicted octanol–water partition coefficient (Wildman–Crippen LogP) is 3.70. The molecule has 0 saturated heterocycles. The van der Waals surface area contributed by atoms with Crippen molar-refractivity contribution in [1.82, 2.24) is 5.32 Å². The van der Waals surface area contributed by atoms with Gasteiger partial charge in [-0.15, -0.1) is 0 Å². The molecule has 2 aromatic rings. The molecule has 0 spiro atoms. The van der Waals surface area contributed by atoms with E-state index in [1.54, 1.807) is 24.3 Å². The second kappa shape index (κ2) is 7.70. The highest BCUT2D eigenvalue weighted by Gasteiger charge is 2.24. The fraction of sp³-hybridized carbons (Fsp3) is 0.263. The number of benzene rings is 2. The number of halogens is 1. The van der Waals surface area contributed by atoms with Crippen molar-refractivity contribution in [1.29, 1.82) is 0 Å². The number of carbonyl (C=O) groups excluding carboxylic acids is 2. The number of carbonyl (C=O) groups is 2. The highest BCUT2D eigenvalue weighted by Crippen LogP contribution is 2.22. The van der Waals surface area contributed by atoms with Crippen molar-refractivity contribution in [3.63, 3.8) is 0 Å². The topological polar surface area (TPSA) is 70.2 Å². The number of hydrogen-bond donors (Lipinski definition) is 3. The summed E-state index contributed by atoms with van der Waals surface area (Å²) >= 11 is 3.42. The Bertz CT molecular complexity index is 803. The first-order valence-corrected chi connectivity index (χ1v) is 9.02. The molecule has 2 amide bonds. The molecule has 1 aliphatic rings. The third-order valence-electron chi connectivity index (χ3n) is 3.99. The van der Waals surface area contributed by atoms with Gasteiger partial charge >= 0.3 is 0 Å². The van der Waals surface area contributed by atoms with Crippen molar-refractivity contribution in [3.05, 3.63) is 58.1 Å². The molecule has 0 unspecified atom stereocenters. The maximum absolute atomic E-state index is 12.3. The van der Waals surface area contributed by atoms with Crippen LogP contribution in [0.25, 0.3) is 0 Å². The zero-order valence-electron chi connectivity index (χ0n) is 13.9. The van der Waals surface area contributed by atoms with Gasteiger partial charge in [-0.25, -0.2) is 0 Å². The van der Waals surface area contributed by atoms with Gasteiger partial charge in [-0.05, 0) is 55.7 Å². The van der Waals surface area contributed by atoms with E-state index < -0.39 is 0 Å². The molecule has 0 heterocycles. The van der Waals surface area contributed by atoms with E-state index in [9.17, 15) is 9.59 Å². The number of para-hydroxylation sites is 1. The zero-order chi connectivity index (χ0) is 17.8. The molecule has 0 aliphatic heterocycles. The third kappa shape index (κ3) is 4.82. The van der Waals surface area contributed by atoms with Crippen LogP contribution in [0.15, 0.2) is 46.9 Å². The average molecular weight is 402 g/mol. The first-order chi connectivity index (χ1) is 12.0. The minimum Gasteiger partial charge on any atom is -0.376 e. The minimum absolute atomic E-state index is 0.126. The molecule has 5 nitrogen and oxygen atoms in total. The summed E-state index contributed by atoms with van der Waals surface area (Å²) in [4.78, 5) is 24.5. The molecule has 3 N–H and O–H groups in total. The van der Waals surface area contributed by atoms with E-state index in [1.807, 2.05) is 25.1 Å². The first kappa shape index (κ1) is 17.5. The fourth-order valence-electron chi connectivity index (χ4n) is 2.48. The Kier molecular flexibility index (Phi) is 5.38. The molecule has 1 aliphatic carbocycles. The van der Waals surface area contributed by atoms with Crippen molar-refractivity contribution >= 4 is 39.1 Å². The number of anilines is 2. The predicted molar refractivity (Wildman–Crippen MR) is 103 cm³/mol. The van der Waals surface area contributed by atoms with Crippen LogP contribution in [-0.2, 0) is 4.79 Å². The summed E-state index contributed by atoms with van der Waals surface area (Å²) in [5.41, 5.74) is 2.96. The van der Waals surface area contributed by atoms with E-state index in [4.69, 9.17) is 0 Å². The van der Waals surface area contributed by atoms with E-state index in [0.29, 0.717) is 11.3 Å². The molecule has 0 atom stereocenters. The van der Waals surface area contributed by atoms with Gasteiger partial charge in [0.1, 0.15) is 0 Å². The van der Waals surface area contributed by atoms with Gasteiger partial charge in [0.05, 0.1) is 17.8 Å². The van der Waals surface area contributed by atoms with Crippen molar-refractivity contribution in [3.8, 4) is 0 Å². The van der Waals surface area contributed by atoms with E-state index in [1.165, 1.54) is 0 Å². The minimum atomic E-state index is -0.200. The van der Waals surface area contributed by atoms with Crippen molar-refractivity contribution in [2.45, 2.75) is 25.8 Å². The largest absolute Gasteiger partial charge is 0.376 e. The second-order valence-corrected chi connectivity index (χ2v) is 7.07. The van der Waals surface area contributed by atoms with Gasteiger partial charge in [0.15, 0.2) is 0 Å². The zero-order valence-corrected chi connectivity index (χ0v) is 15.5. The summed E-state index contributed by atoms with van der Waals surface area (Å²) in [6.07, 6.45) is 2.05. The highest BCUT2D eigenvalue weighted by molar-refractivity contribution is 9.10.